The molecule has 3 heteroatoms. The summed E-state index contributed by atoms with van der Waals surface area (Å²) in [5.74, 6) is 0. The molecule has 1 nitrogen and oxygen atoms in total. The zero-order valence-electron chi connectivity index (χ0n) is 11.6. The summed E-state index contributed by atoms with van der Waals surface area (Å²) >= 11 is 5.59. The molecule has 1 aromatic heterocycles. The van der Waals surface area contributed by atoms with E-state index in [1.165, 1.54) is 26.4 Å². The van der Waals surface area contributed by atoms with Gasteiger partial charge in [-0.3, -0.25) is 0 Å². The number of aryl methyl sites for hydroxylation is 2. The number of para-hydroxylation sites is 1. The molecule has 20 heavy (non-hydrogen) atoms. The molecule has 0 saturated carbocycles. The van der Waals surface area contributed by atoms with Crippen molar-refractivity contribution >= 4 is 37.5 Å². The second kappa shape index (κ2) is 5.66. The Morgan fingerprint density at radius 3 is 2.65 bits per heavy atom. The summed E-state index contributed by atoms with van der Waals surface area (Å²) in [6, 6.07) is 15.0. The van der Waals surface area contributed by atoms with E-state index in [0.717, 1.165) is 11.9 Å². The van der Waals surface area contributed by atoms with E-state index in [0.29, 0.717) is 4.83 Å². The van der Waals surface area contributed by atoms with Crippen LogP contribution in [0, 0.1) is 13.8 Å². The minimum absolute atomic E-state index is 0.322. The van der Waals surface area contributed by atoms with E-state index in [-0.39, 0.29) is 0 Å². The number of fused-ring (bicyclic) bond motifs is 1. The summed E-state index contributed by atoms with van der Waals surface area (Å²) in [7, 11) is 0. The van der Waals surface area contributed by atoms with E-state index in [4.69, 9.17) is 4.98 Å². The van der Waals surface area contributed by atoms with Crippen molar-refractivity contribution in [2.45, 2.75) is 25.1 Å². The Morgan fingerprint density at radius 1 is 1.10 bits per heavy atom. The molecule has 1 atom stereocenters. The lowest BCUT2D eigenvalue weighted by molar-refractivity contribution is 0.935. The minimum atomic E-state index is 0.322. The van der Waals surface area contributed by atoms with E-state index in [1.54, 1.807) is 11.3 Å². The van der Waals surface area contributed by atoms with Gasteiger partial charge in [-0.1, -0.05) is 46.3 Å². The molecule has 102 valence electrons. The first kappa shape index (κ1) is 13.8. The molecule has 0 radical (unpaired) electrons. The highest BCUT2D eigenvalue weighted by molar-refractivity contribution is 9.09. The number of nitrogens with zero attached hydrogens (tertiary/aromatic N) is 1. The molecule has 0 spiro atoms. The molecular weight excluding hydrogens is 330 g/mol. The maximum Gasteiger partial charge on any atom is 0.0953 e. The van der Waals surface area contributed by atoms with Crippen LogP contribution < -0.4 is 0 Å². The van der Waals surface area contributed by atoms with Crippen molar-refractivity contribution in [3.63, 3.8) is 0 Å². The molecule has 3 rings (SSSR count). The second-order valence-electron chi connectivity index (χ2n) is 5.09. The fourth-order valence-electron chi connectivity index (χ4n) is 2.24. The van der Waals surface area contributed by atoms with Gasteiger partial charge in [-0.25, -0.2) is 4.98 Å². The molecule has 3 aromatic rings. The normalized spacial score (nSPS) is 12.8. The van der Waals surface area contributed by atoms with Crippen LogP contribution in [-0.2, 0) is 6.42 Å². The number of halogens is 1. The monoisotopic (exact) mass is 345 g/mol. The van der Waals surface area contributed by atoms with Crippen molar-refractivity contribution in [1.29, 1.82) is 0 Å². The summed E-state index contributed by atoms with van der Waals surface area (Å²) < 4.78 is 1.27. The third-order valence-corrected chi connectivity index (χ3v) is 5.50. The topological polar surface area (TPSA) is 12.9 Å². The van der Waals surface area contributed by atoms with Crippen molar-refractivity contribution in [1.82, 2.24) is 4.98 Å². The average Bonchev–Trinajstić information content (AvgIpc) is 2.83. The Bertz CT molecular complexity index is 715. The second-order valence-corrected chi connectivity index (χ2v) is 7.31. The Labute approximate surface area is 131 Å². The van der Waals surface area contributed by atoms with Crippen molar-refractivity contribution in [2.24, 2.45) is 0 Å². The SMILES string of the molecule is Cc1ccc(C(Br)Cc2nc3ccccc3s2)cc1C. The maximum atomic E-state index is 4.71. The number of hydrogen-bond acceptors (Lipinski definition) is 2. The lowest BCUT2D eigenvalue weighted by atomic mass is 10.0. The molecule has 0 aliphatic heterocycles. The number of rotatable bonds is 3. The Hall–Kier alpha value is -1.19. The summed E-state index contributed by atoms with van der Waals surface area (Å²) in [4.78, 5) is 5.03. The zero-order valence-corrected chi connectivity index (χ0v) is 14.0. The average molecular weight is 346 g/mol. The van der Waals surface area contributed by atoms with Gasteiger partial charge in [0, 0.05) is 11.2 Å². The lowest BCUT2D eigenvalue weighted by Gasteiger charge is -2.10. The molecule has 1 unspecified atom stereocenters. The quantitative estimate of drug-likeness (QED) is 0.563. The van der Waals surface area contributed by atoms with Gasteiger partial charge >= 0.3 is 0 Å². The van der Waals surface area contributed by atoms with E-state index in [2.05, 4.69) is 66.2 Å². The number of alkyl halides is 1. The fourth-order valence-corrected chi connectivity index (χ4v) is 4.06. The molecule has 0 N–H and O–H groups in total. The summed E-state index contributed by atoms with van der Waals surface area (Å²) in [5.41, 5.74) is 5.12. The first-order valence-corrected chi connectivity index (χ1v) is 8.42. The van der Waals surface area contributed by atoms with Crippen LogP contribution >= 0.6 is 27.3 Å². The molecule has 0 bridgehead atoms. The molecule has 1 heterocycles. The van der Waals surface area contributed by atoms with Crippen molar-refractivity contribution in [3.05, 3.63) is 64.2 Å². The van der Waals surface area contributed by atoms with E-state index >= 15 is 0 Å². The van der Waals surface area contributed by atoms with Gasteiger partial charge in [0.25, 0.3) is 0 Å². The minimum Gasteiger partial charge on any atom is -0.241 e. The Balaban J connectivity index is 1.84. The van der Waals surface area contributed by atoms with Gasteiger partial charge in [-0.05, 0) is 42.7 Å². The highest BCUT2D eigenvalue weighted by Gasteiger charge is 2.12. The maximum absolute atomic E-state index is 4.71. The van der Waals surface area contributed by atoms with Crippen molar-refractivity contribution < 1.29 is 0 Å². The fraction of sp³-hybridized carbons (Fsp3) is 0.235. The van der Waals surface area contributed by atoms with Crippen LogP contribution in [-0.4, -0.2) is 4.98 Å². The van der Waals surface area contributed by atoms with Gasteiger partial charge in [0.05, 0.1) is 15.2 Å². The first-order valence-electron chi connectivity index (χ1n) is 6.69. The van der Waals surface area contributed by atoms with Gasteiger partial charge in [0.2, 0.25) is 0 Å². The number of hydrogen-bond donors (Lipinski definition) is 0. The van der Waals surface area contributed by atoms with E-state index in [1.807, 2.05) is 6.07 Å². The molecule has 2 aromatic carbocycles. The smallest absolute Gasteiger partial charge is 0.0953 e. The molecule has 0 fully saturated rings. The zero-order chi connectivity index (χ0) is 14.1. The van der Waals surface area contributed by atoms with Crippen LogP contribution in [0.15, 0.2) is 42.5 Å². The van der Waals surface area contributed by atoms with Gasteiger partial charge in [-0.15, -0.1) is 11.3 Å². The number of thiazole rings is 1. The summed E-state index contributed by atoms with van der Waals surface area (Å²) in [5, 5.41) is 1.19. The van der Waals surface area contributed by atoms with Gasteiger partial charge in [-0.2, -0.15) is 0 Å². The van der Waals surface area contributed by atoms with Gasteiger partial charge in [0.15, 0.2) is 0 Å². The van der Waals surface area contributed by atoms with Crippen molar-refractivity contribution in [3.8, 4) is 0 Å². The predicted molar refractivity (Wildman–Crippen MR) is 90.9 cm³/mol. The van der Waals surface area contributed by atoms with Crippen LogP contribution in [0.4, 0.5) is 0 Å². The summed E-state index contributed by atoms with van der Waals surface area (Å²) in [6.07, 6.45) is 0.932. The summed E-state index contributed by atoms with van der Waals surface area (Å²) in [6.45, 7) is 4.31. The largest absolute Gasteiger partial charge is 0.241 e. The van der Waals surface area contributed by atoms with E-state index < -0.39 is 0 Å². The first-order chi connectivity index (χ1) is 9.63. The highest BCUT2D eigenvalue weighted by Crippen LogP contribution is 2.31. The van der Waals surface area contributed by atoms with Crippen LogP contribution in [0.3, 0.4) is 0 Å². The van der Waals surface area contributed by atoms with Crippen LogP contribution in [0.5, 0.6) is 0 Å². The van der Waals surface area contributed by atoms with Crippen molar-refractivity contribution in [2.75, 3.05) is 0 Å². The molecule has 0 saturated heterocycles. The lowest BCUT2D eigenvalue weighted by Crippen LogP contribution is -1.96. The third kappa shape index (κ3) is 2.79. The Kier molecular flexibility index (Phi) is 3.90. The molecule has 0 aliphatic rings. The standard InChI is InChI=1S/C17H16BrNS/c1-11-7-8-13(9-12(11)2)14(18)10-17-19-15-5-3-4-6-16(15)20-17/h3-9,14H,10H2,1-2H3. The predicted octanol–water partition coefficient (Wildman–Crippen LogP) is 5.59. The van der Waals surface area contributed by atoms with Gasteiger partial charge < -0.3 is 0 Å². The number of aromatic nitrogens is 1. The molecule has 0 aliphatic carbocycles. The van der Waals surface area contributed by atoms with Crippen LogP contribution in [0.25, 0.3) is 10.2 Å². The number of benzene rings is 2. The van der Waals surface area contributed by atoms with Crippen LogP contribution in [0.1, 0.15) is 26.5 Å². The third-order valence-electron chi connectivity index (χ3n) is 3.58. The Morgan fingerprint density at radius 2 is 1.90 bits per heavy atom. The van der Waals surface area contributed by atoms with Gasteiger partial charge in [0.1, 0.15) is 0 Å². The van der Waals surface area contributed by atoms with Crippen LogP contribution in [0.2, 0.25) is 0 Å². The highest BCUT2D eigenvalue weighted by atomic mass is 79.9. The molecular formula is C17H16BrNS. The molecule has 0 amide bonds. The van der Waals surface area contributed by atoms with E-state index in [9.17, 15) is 0 Å².